The average Bonchev–Trinajstić information content (AvgIpc) is 2.91. The highest BCUT2D eigenvalue weighted by Gasteiger charge is 2.12. The predicted molar refractivity (Wildman–Crippen MR) is 103 cm³/mol. The van der Waals surface area contributed by atoms with E-state index in [1.54, 1.807) is 42.5 Å². The van der Waals surface area contributed by atoms with E-state index >= 15 is 0 Å². The standard InChI is InChI=1S/C21H19N3O3/c25-20(16-7-3-1-2-4-8-16)23-18-10-5-9-17(12-13-18)21(26)24-22-15-19-11-6-14-27-19/h1-7,9-12,14-15H,8,13H2,(H,23,25)(H,24,26)/b22-15+. The van der Waals surface area contributed by atoms with Gasteiger partial charge in [0.1, 0.15) is 5.76 Å². The molecule has 1 aromatic rings. The summed E-state index contributed by atoms with van der Waals surface area (Å²) in [6.45, 7) is 0. The fourth-order valence-corrected chi connectivity index (χ4v) is 2.44. The van der Waals surface area contributed by atoms with Gasteiger partial charge in [-0.3, -0.25) is 9.59 Å². The van der Waals surface area contributed by atoms with Crippen LogP contribution in [0.15, 0.2) is 99.4 Å². The molecule has 0 bridgehead atoms. The first-order valence-electron chi connectivity index (χ1n) is 8.50. The lowest BCUT2D eigenvalue weighted by molar-refractivity contribution is -0.117. The minimum atomic E-state index is -0.336. The van der Waals surface area contributed by atoms with Crippen LogP contribution in [0.3, 0.4) is 0 Å². The van der Waals surface area contributed by atoms with Gasteiger partial charge in [0.05, 0.1) is 12.5 Å². The minimum Gasteiger partial charge on any atom is -0.463 e. The van der Waals surface area contributed by atoms with E-state index in [1.165, 1.54) is 12.5 Å². The summed E-state index contributed by atoms with van der Waals surface area (Å²) in [7, 11) is 0. The molecule has 2 amide bonds. The maximum Gasteiger partial charge on any atom is 0.271 e. The van der Waals surface area contributed by atoms with Crippen molar-refractivity contribution in [3.63, 3.8) is 0 Å². The molecule has 2 aliphatic rings. The van der Waals surface area contributed by atoms with Crippen molar-refractivity contribution < 1.29 is 14.0 Å². The molecule has 6 heteroatoms. The second-order valence-corrected chi connectivity index (χ2v) is 5.79. The van der Waals surface area contributed by atoms with E-state index in [2.05, 4.69) is 15.8 Å². The van der Waals surface area contributed by atoms with Crippen molar-refractivity contribution in [3.8, 4) is 0 Å². The number of carbonyl (C=O) groups excluding carboxylic acids is 2. The fourth-order valence-electron chi connectivity index (χ4n) is 2.44. The first-order valence-corrected chi connectivity index (χ1v) is 8.50. The normalized spacial score (nSPS) is 16.2. The van der Waals surface area contributed by atoms with E-state index in [0.717, 1.165) is 5.70 Å². The molecular formula is C21H19N3O3. The summed E-state index contributed by atoms with van der Waals surface area (Å²) in [5.41, 5.74) is 4.32. The number of allylic oxidation sites excluding steroid dienone is 8. The van der Waals surface area contributed by atoms with Crippen LogP contribution in [0, 0.1) is 0 Å². The number of rotatable bonds is 5. The van der Waals surface area contributed by atoms with Crippen LogP contribution in [-0.4, -0.2) is 18.0 Å². The number of nitrogens with zero attached hydrogens (tertiary/aromatic N) is 1. The van der Waals surface area contributed by atoms with Gasteiger partial charge in [-0.05, 0) is 30.7 Å². The second kappa shape index (κ2) is 9.15. The number of hydrogen-bond donors (Lipinski definition) is 2. The maximum atomic E-state index is 12.4. The van der Waals surface area contributed by atoms with Crippen molar-refractivity contribution in [2.45, 2.75) is 12.8 Å². The lowest BCUT2D eigenvalue weighted by Crippen LogP contribution is -2.24. The third-order valence-corrected chi connectivity index (χ3v) is 3.84. The Kier molecular flexibility index (Phi) is 6.14. The van der Waals surface area contributed by atoms with Crippen LogP contribution in [-0.2, 0) is 9.59 Å². The largest absolute Gasteiger partial charge is 0.463 e. The van der Waals surface area contributed by atoms with Crippen LogP contribution in [0.2, 0.25) is 0 Å². The molecule has 1 aromatic heterocycles. The Morgan fingerprint density at radius 3 is 2.85 bits per heavy atom. The Balaban J connectivity index is 1.55. The molecule has 27 heavy (non-hydrogen) atoms. The van der Waals surface area contributed by atoms with E-state index in [0.29, 0.717) is 29.7 Å². The summed E-state index contributed by atoms with van der Waals surface area (Å²) in [6.07, 6.45) is 20.3. The number of nitrogens with one attached hydrogen (secondary N) is 2. The molecular weight excluding hydrogens is 342 g/mol. The van der Waals surface area contributed by atoms with Crippen molar-refractivity contribution in [2.75, 3.05) is 0 Å². The van der Waals surface area contributed by atoms with Crippen LogP contribution in [0.25, 0.3) is 0 Å². The molecule has 6 nitrogen and oxygen atoms in total. The summed E-state index contributed by atoms with van der Waals surface area (Å²) in [5, 5.41) is 6.75. The summed E-state index contributed by atoms with van der Waals surface area (Å²) in [5.74, 6) is 0.0665. The molecule has 0 aliphatic heterocycles. The van der Waals surface area contributed by atoms with Gasteiger partial charge in [0.25, 0.3) is 11.8 Å². The highest BCUT2D eigenvalue weighted by Crippen LogP contribution is 2.13. The molecule has 2 N–H and O–H groups in total. The Morgan fingerprint density at radius 1 is 1.07 bits per heavy atom. The first kappa shape index (κ1) is 18.1. The lowest BCUT2D eigenvalue weighted by atomic mass is 10.1. The topological polar surface area (TPSA) is 83.7 Å². The molecule has 136 valence electrons. The molecule has 0 spiro atoms. The van der Waals surface area contributed by atoms with Gasteiger partial charge in [-0.2, -0.15) is 5.10 Å². The van der Waals surface area contributed by atoms with E-state index in [1.807, 2.05) is 24.3 Å². The van der Waals surface area contributed by atoms with E-state index in [-0.39, 0.29) is 11.8 Å². The summed E-state index contributed by atoms with van der Waals surface area (Å²) >= 11 is 0. The Labute approximate surface area is 157 Å². The number of amides is 2. The first-order chi connectivity index (χ1) is 13.2. The molecule has 0 unspecified atom stereocenters. The Hall–Kier alpha value is -3.67. The quantitative estimate of drug-likeness (QED) is 0.624. The Morgan fingerprint density at radius 2 is 2.00 bits per heavy atom. The van der Waals surface area contributed by atoms with Gasteiger partial charge in [-0.25, -0.2) is 5.43 Å². The second-order valence-electron chi connectivity index (χ2n) is 5.79. The summed E-state index contributed by atoms with van der Waals surface area (Å²) in [6, 6.07) is 3.47. The van der Waals surface area contributed by atoms with Gasteiger partial charge in [0.2, 0.25) is 0 Å². The van der Waals surface area contributed by atoms with Gasteiger partial charge in [0.15, 0.2) is 0 Å². The van der Waals surface area contributed by atoms with Crippen molar-refractivity contribution in [1.82, 2.24) is 10.7 Å². The zero-order chi connectivity index (χ0) is 18.9. The van der Waals surface area contributed by atoms with Crippen LogP contribution in [0.1, 0.15) is 18.6 Å². The molecule has 0 atom stereocenters. The van der Waals surface area contributed by atoms with E-state index in [4.69, 9.17) is 4.42 Å². The molecule has 0 radical (unpaired) electrons. The van der Waals surface area contributed by atoms with Gasteiger partial charge in [-0.1, -0.05) is 42.5 Å². The number of hydrogen-bond acceptors (Lipinski definition) is 4. The smallest absolute Gasteiger partial charge is 0.271 e. The van der Waals surface area contributed by atoms with E-state index < -0.39 is 0 Å². The highest BCUT2D eigenvalue weighted by atomic mass is 16.3. The number of carbonyl (C=O) groups is 2. The number of hydrazone groups is 1. The lowest BCUT2D eigenvalue weighted by Gasteiger charge is -2.08. The van der Waals surface area contributed by atoms with Crippen LogP contribution < -0.4 is 10.7 Å². The zero-order valence-corrected chi connectivity index (χ0v) is 14.6. The van der Waals surface area contributed by atoms with Crippen LogP contribution in [0.4, 0.5) is 0 Å². The molecule has 0 saturated carbocycles. The molecule has 1 heterocycles. The Bertz CT molecular complexity index is 910. The van der Waals surface area contributed by atoms with Gasteiger partial charge < -0.3 is 9.73 Å². The highest BCUT2D eigenvalue weighted by molar-refractivity contribution is 5.97. The number of furan rings is 1. The van der Waals surface area contributed by atoms with Crippen molar-refractivity contribution >= 4 is 18.0 Å². The fraction of sp³-hybridized carbons (Fsp3) is 0.0952. The molecule has 3 rings (SSSR count). The van der Waals surface area contributed by atoms with Gasteiger partial charge in [-0.15, -0.1) is 0 Å². The predicted octanol–water partition coefficient (Wildman–Crippen LogP) is 3.06. The maximum absolute atomic E-state index is 12.4. The van der Waals surface area contributed by atoms with Crippen molar-refractivity contribution in [3.05, 3.63) is 95.7 Å². The third kappa shape index (κ3) is 5.40. The van der Waals surface area contributed by atoms with Gasteiger partial charge >= 0.3 is 0 Å². The average molecular weight is 361 g/mol. The third-order valence-electron chi connectivity index (χ3n) is 3.84. The summed E-state index contributed by atoms with van der Waals surface area (Å²) in [4.78, 5) is 24.5. The molecule has 0 fully saturated rings. The minimum absolute atomic E-state index is 0.143. The van der Waals surface area contributed by atoms with Crippen molar-refractivity contribution in [2.24, 2.45) is 5.10 Å². The monoisotopic (exact) mass is 361 g/mol. The summed E-state index contributed by atoms with van der Waals surface area (Å²) < 4.78 is 5.10. The van der Waals surface area contributed by atoms with Crippen LogP contribution in [0.5, 0.6) is 0 Å². The SMILES string of the molecule is O=C(N/N=C/c1ccco1)C1=CCC(NC(=O)C2=CC=CC=CC2)=CC=C1. The van der Waals surface area contributed by atoms with Gasteiger partial charge in [0, 0.05) is 23.3 Å². The van der Waals surface area contributed by atoms with Crippen molar-refractivity contribution in [1.29, 1.82) is 0 Å². The van der Waals surface area contributed by atoms with Crippen LogP contribution >= 0.6 is 0 Å². The van der Waals surface area contributed by atoms with E-state index in [9.17, 15) is 9.59 Å². The molecule has 0 aromatic carbocycles. The zero-order valence-electron chi connectivity index (χ0n) is 14.6. The molecule has 0 saturated heterocycles. The molecule has 2 aliphatic carbocycles.